The minimum Gasteiger partial charge on any atom is -0.383 e. The van der Waals surface area contributed by atoms with Crippen LogP contribution < -0.4 is 4.80 Å². The van der Waals surface area contributed by atoms with Gasteiger partial charge in [-0.25, -0.2) is 0 Å². The van der Waals surface area contributed by atoms with Crippen LogP contribution in [0.2, 0.25) is 0 Å². The van der Waals surface area contributed by atoms with Gasteiger partial charge < -0.3 is 9.30 Å². The fourth-order valence-corrected chi connectivity index (χ4v) is 5.10. The molecule has 1 aromatic heterocycles. The third-order valence-electron chi connectivity index (χ3n) is 3.40. The van der Waals surface area contributed by atoms with Crippen LogP contribution in [0, 0.1) is 0 Å². The van der Waals surface area contributed by atoms with Crippen molar-refractivity contribution in [2.45, 2.75) is 11.4 Å². The first-order valence-electron chi connectivity index (χ1n) is 7.15. The summed E-state index contributed by atoms with van der Waals surface area (Å²) < 4.78 is 38.1. The highest BCUT2D eigenvalue weighted by Gasteiger charge is 2.14. The topological polar surface area (TPSA) is 60.7 Å². The predicted octanol–water partition coefficient (Wildman–Crippen LogP) is 3.40. The molecule has 0 aliphatic heterocycles. The van der Waals surface area contributed by atoms with Gasteiger partial charge in [0.2, 0.25) is 4.80 Å². The number of fused-ring (bicyclic) bond motifs is 1. The second-order valence-corrected chi connectivity index (χ2v) is 8.55. The second kappa shape index (κ2) is 7.18. The molecule has 1 heterocycles. The molecule has 0 fully saturated rings. The zero-order valence-electron chi connectivity index (χ0n) is 12.8. The molecule has 0 atom stereocenters. The van der Waals surface area contributed by atoms with Crippen molar-refractivity contribution in [2.75, 3.05) is 13.7 Å². The Morgan fingerprint density at radius 3 is 2.67 bits per heavy atom. The van der Waals surface area contributed by atoms with Crippen molar-refractivity contribution >= 4 is 47.5 Å². The Hall–Kier alpha value is -1.48. The fourth-order valence-electron chi connectivity index (χ4n) is 2.26. The lowest BCUT2D eigenvalue weighted by Crippen LogP contribution is -2.19. The molecule has 5 nitrogen and oxygen atoms in total. The Morgan fingerprint density at radius 1 is 1.21 bits per heavy atom. The zero-order valence-corrected chi connectivity index (χ0v) is 16.1. The Morgan fingerprint density at radius 2 is 1.96 bits per heavy atom. The fraction of sp³-hybridized carbons (Fsp3) is 0.188. The largest absolute Gasteiger partial charge is 0.383 e. The number of halogens is 1. The van der Waals surface area contributed by atoms with Gasteiger partial charge in [-0.05, 0) is 30.3 Å². The number of ether oxygens (including phenoxy) is 1. The summed E-state index contributed by atoms with van der Waals surface area (Å²) in [6, 6.07) is 14.1. The van der Waals surface area contributed by atoms with Crippen molar-refractivity contribution in [1.29, 1.82) is 0 Å². The van der Waals surface area contributed by atoms with E-state index < -0.39 is 10.0 Å². The molecule has 2 aromatic carbocycles. The van der Waals surface area contributed by atoms with Crippen molar-refractivity contribution in [2.24, 2.45) is 4.40 Å². The van der Waals surface area contributed by atoms with Gasteiger partial charge in [-0.2, -0.15) is 8.42 Å². The van der Waals surface area contributed by atoms with E-state index in [4.69, 9.17) is 4.74 Å². The highest BCUT2D eigenvalue weighted by molar-refractivity contribution is 9.10. The van der Waals surface area contributed by atoms with Crippen LogP contribution in [0.1, 0.15) is 0 Å². The van der Waals surface area contributed by atoms with Crippen LogP contribution in [0.4, 0.5) is 0 Å². The molecule has 0 saturated heterocycles. The van der Waals surface area contributed by atoms with Gasteiger partial charge in [0.15, 0.2) is 0 Å². The Bertz CT molecular complexity index is 1020. The van der Waals surface area contributed by atoms with Gasteiger partial charge in [-0.3, -0.25) is 0 Å². The van der Waals surface area contributed by atoms with Crippen LogP contribution in [0.3, 0.4) is 0 Å². The number of nitrogens with zero attached hydrogens (tertiary/aromatic N) is 2. The van der Waals surface area contributed by atoms with Crippen LogP contribution >= 0.6 is 27.3 Å². The molecule has 8 heteroatoms. The van der Waals surface area contributed by atoms with E-state index in [0.29, 0.717) is 18.0 Å². The maximum absolute atomic E-state index is 12.6. The smallest absolute Gasteiger partial charge is 0.285 e. The number of hydrogen-bond acceptors (Lipinski definition) is 4. The lowest BCUT2D eigenvalue weighted by molar-refractivity contribution is 0.187. The number of aromatic nitrogens is 1. The maximum atomic E-state index is 12.6. The summed E-state index contributed by atoms with van der Waals surface area (Å²) >= 11 is 4.78. The van der Waals surface area contributed by atoms with E-state index >= 15 is 0 Å². The molecule has 3 aromatic rings. The summed E-state index contributed by atoms with van der Waals surface area (Å²) in [5, 5.41) is 0. The number of hydrogen-bond donors (Lipinski definition) is 0. The van der Waals surface area contributed by atoms with Crippen molar-refractivity contribution in [3.63, 3.8) is 0 Å². The molecule has 126 valence electrons. The van der Waals surface area contributed by atoms with Gasteiger partial charge in [-0.1, -0.05) is 45.5 Å². The molecule has 0 amide bonds. The number of rotatable bonds is 5. The number of benzene rings is 2. The van der Waals surface area contributed by atoms with Crippen molar-refractivity contribution in [1.82, 2.24) is 4.57 Å². The first-order valence-corrected chi connectivity index (χ1v) is 10.2. The molecule has 0 saturated carbocycles. The van der Waals surface area contributed by atoms with Crippen LogP contribution in [0.25, 0.3) is 10.2 Å². The van der Waals surface area contributed by atoms with Crippen molar-refractivity contribution in [3.05, 3.63) is 57.8 Å². The van der Waals surface area contributed by atoms with Gasteiger partial charge in [0, 0.05) is 18.1 Å². The normalized spacial score (nSPS) is 12.8. The lowest BCUT2D eigenvalue weighted by Gasteiger charge is -2.04. The predicted molar refractivity (Wildman–Crippen MR) is 98.6 cm³/mol. The van der Waals surface area contributed by atoms with E-state index in [-0.39, 0.29) is 4.90 Å². The molecule has 3 rings (SSSR count). The summed E-state index contributed by atoms with van der Waals surface area (Å²) in [5.41, 5.74) is 0.933. The van der Waals surface area contributed by atoms with Gasteiger partial charge in [0.05, 0.1) is 21.7 Å². The van der Waals surface area contributed by atoms with Crippen LogP contribution in [0.15, 0.2) is 62.3 Å². The summed E-state index contributed by atoms with van der Waals surface area (Å²) in [6.45, 7) is 1.00. The monoisotopic (exact) mass is 426 g/mol. The SMILES string of the molecule is COCCn1c(=NS(=O)(=O)c2ccccc2)sc2cc(Br)ccc21. The molecular formula is C16H15BrN2O3S2. The number of methoxy groups -OCH3 is 1. The first kappa shape index (κ1) is 17.3. The Balaban J connectivity index is 2.21. The van der Waals surface area contributed by atoms with Crippen molar-refractivity contribution in [3.8, 4) is 0 Å². The van der Waals surface area contributed by atoms with Crippen molar-refractivity contribution < 1.29 is 13.2 Å². The summed E-state index contributed by atoms with van der Waals surface area (Å²) in [6.07, 6.45) is 0. The molecule has 24 heavy (non-hydrogen) atoms. The second-order valence-electron chi connectivity index (χ2n) is 5.02. The lowest BCUT2D eigenvalue weighted by atomic mass is 10.3. The molecule has 0 spiro atoms. The Labute approximate surface area is 152 Å². The third kappa shape index (κ3) is 3.61. The average molecular weight is 427 g/mol. The molecule has 0 N–H and O–H groups in total. The Kier molecular flexibility index (Phi) is 5.19. The highest BCUT2D eigenvalue weighted by atomic mass is 79.9. The summed E-state index contributed by atoms with van der Waals surface area (Å²) in [7, 11) is -2.14. The molecular weight excluding hydrogens is 412 g/mol. The highest BCUT2D eigenvalue weighted by Crippen LogP contribution is 2.22. The van der Waals surface area contributed by atoms with Gasteiger partial charge >= 0.3 is 0 Å². The van der Waals surface area contributed by atoms with Crippen LogP contribution in [0.5, 0.6) is 0 Å². The van der Waals surface area contributed by atoms with Gasteiger partial charge in [-0.15, -0.1) is 4.40 Å². The van der Waals surface area contributed by atoms with E-state index in [9.17, 15) is 8.42 Å². The molecule has 0 aliphatic rings. The molecule has 0 aliphatic carbocycles. The van der Waals surface area contributed by atoms with Crippen LogP contribution in [-0.2, 0) is 21.3 Å². The minimum absolute atomic E-state index is 0.182. The molecule has 0 bridgehead atoms. The van der Waals surface area contributed by atoms with Gasteiger partial charge in [0.25, 0.3) is 10.0 Å². The number of thiazole rings is 1. The zero-order chi connectivity index (χ0) is 17.2. The van der Waals surface area contributed by atoms with E-state index in [2.05, 4.69) is 20.3 Å². The van der Waals surface area contributed by atoms with E-state index in [1.165, 1.54) is 11.3 Å². The third-order valence-corrected chi connectivity index (χ3v) is 6.33. The summed E-state index contributed by atoms with van der Waals surface area (Å²) in [5.74, 6) is 0. The summed E-state index contributed by atoms with van der Waals surface area (Å²) in [4.78, 5) is 0.617. The minimum atomic E-state index is -3.76. The molecule has 0 unspecified atom stereocenters. The van der Waals surface area contributed by atoms with E-state index in [1.54, 1.807) is 37.4 Å². The van der Waals surface area contributed by atoms with E-state index in [0.717, 1.165) is 14.7 Å². The number of sulfonamides is 1. The quantitative estimate of drug-likeness (QED) is 0.627. The maximum Gasteiger partial charge on any atom is 0.285 e. The molecule has 0 radical (unpaired) electrons. The van der Waals surface area contributed by atoms with Gasteiger partial charge in [0.1, 0.15) is 0 Å². The van der Waals surface area contributed by atoms with Crippen LogP contribution in [-0.4, -0.2) is 26.7 Å². The standard InChI is InChI=1S/C16H15BrN2O3S2/c1-22-10-9-19-14-8-7-12(17)11-15(14)23-16(19)18-24(20,21)13-5-3-2-4-6-13/h2-8,11H,9-10H2,1H3. The average Bonchev–Trinajstić information content (AvgIpc) is 2.89. The van der Waals surface area contributed by atoms with E-state index in [1.807, 2.05) is 22.8 Å². The first-order chi connectivity index (χ1) is 11.5.